The fourth-order valence-electron chi connectivity index (χ4n) is 2.71. The second kappa shape index (κ2) is 6.62. The van der Waals surface area contributed by atoms with Gasteiger partial charge in [0, 0.05) is 18.9 Å². The first-order chi connectivity index (χ1) is 10.1. The maximum atomic E-state index is 12.0. The summed E-state index contributed by atoms with van der Waals surface area (Å²) in [5.41, 5.74) is -0.734. The lowest BCUT2D eigenvalue weighted by Gasteiger charge is -2.39. The second-order valence-corrected chi connectivity index (χ2v) is 5.37. The average Bonchev–Trinajstić information content (AvgIpc) is 2.48. The van der Waals surface area contributed by atoms with E-state index >= 15 is 0 Å². The molecule has 1 fully saturated rings. The van der Waals surface area contributed by atoms with E-state index in [1.807, 2.05) is 11.8 Å². The first-order valence-corrected chi connectivity index (χ1v) is 7.08. The molecule has 1 saturated heterocycles. The molecular weight excluding hydrogens is 272 g/mol. The molecule has 114 valence electrons. The number of carboxylic acid groups (broad SMARTS) is 1. The summed E-state index contributed by atoms with van der Waals surface area (Å²) < 4.78 is 0. The lowest BCUT2D eigenvalue weighted by molar-refractivity contribution is -0.153. The first kappa shape index (κ1) is 15.4. The molecule has 1 aliphatic heterocycles. The van der Waals surface area contributed by atoms with Gasteiger partial charge in [-0.1, -0.05) is 6.92 Å². The zero-order chi connectivity index (χ0) is 15.3. The van der Waals surface area contributed by atoms with Gasteiger partial charge in [-0.25, -0.2) is 9.97 Å². The number of hydrogen-bond donors (Lipinski definition) is 2. The van der Waals surface area contributed by atoms with Gasteiger partial charge in [-0.3, -0.25) is 19.8 Å². The number of hydrogen-bond acceptors (Lipinski definition) is 5. The van der Waals surface area contributed by atoms with Crippen LogP contribution in [0.3, 0.4) is 0 Å². The summed E-state index contributed by atoms with van der Waals surface area (Å²) in [6, 6.07) is 1.67. The number of aromatic nitrogens is 2. The van der Waals surface area contributed by atoms with E-state index in [2.05, 4.69) is 15.3 Å². The molecule has 2 rings (SSSR count). The van der Waals surface area contributed by atoms with Crippen molar-refractivity contribution in [3.8, 4) is 0 Å². The number of carboxylic acids is 1. The van der Waals surface area contributed by atoms with E-state index in [-0.39, 0.29) is 18.4 Å². The number of carbonyl (C=O) groups excluding carboxylic acids is 1. The van der Waals surface area contributed by atoms with E-state index in [9.17, 15) is 14.7 Å². The molecule has 1 aromatic heterocycles. The zero-order valence-corrected chi connectivity index (χ0v) is 12.1. The molecule has 1 aromatic rings. The topological polar surface area (TPSA) is 95.4 Å². The quantitative estimate of drug-likeness (QED) is 0.840. The maximum Gasteiger partial charge on any atom is 0.310 e. The van der Waals surface area contributed by atoms with Crippen LogP contribution in [-0.2, 0) is 9.59 Å². The fraction of sp³-hybridized carbons (Fsp3) is 0.571. The molecule has 0 aliphatic carbocycles. The Kier molecular flexibility index (Phi) is 4.85. The Morgan fingerprint density at radius 2 is 2.14 bits per heavy atom. The lowest BCUT2D eigenvalue weighted by Crippen LogP contribution is -2.49. The first-order valence-electron chi connectivity index (χ1n) is 7.08. The molecule has 2 heterocycles. The van der Waals surface area contributed by atoms with Gasteiger partial charge in [0.05, 0.1) is 12.0 Å². The van der Waals surface area contributed by atoms with Crippen LogP contribution in [0, 0.1) is 5.41 Å². The van der Waals surface area contributed by atoms with Crippen LogP contribution in [0.5, 0.6) is 0 Å². The Balaban J connectivity index is 1.93. The Hall–Kier alpha value is -2.02. The van der Waals surface area contributed by atoms with Crippen molar-refractivity contribution in [3.05, 3.63) is 18.5 Å². The van der Waals surface area contributed by atoms with Crippen LogP contribution >= 0.6 is 0 Å². The predicted octanol–water partition coefficient (Wildman–Crippen LogP) is 0.992. The number of nitrogens with zero attached hydrogens (tertiary/aromatic N) is 3. The van der Waals surface area contributed by atoms with E-state index in [0.29, 0.717) is 19.4 Å². The largest absolute Gasteiger partial charge is 0.481 e. The van der Waals surface area contributed by atoms with Crippen molar-refractivity contribution in [1.29, 1.82) is 0 Å². The molecule has 1 atom stereocenters. The minimum absolute atomic E-state index is 0.160. The third-order valence-electron chi connectivity index (χ3n) is 3.97. The van der Waals surface area contributed by atoms with Crippen molar-refractivity contribution in [2.45, 2.75) is 26.2 Å². The highest BCUT2D eigenvalue weighted by molar-refractivity contribution is 5.90. The third kappa shape index (κ3) is 3.75. The summed E-state index contributed by atoms with van der Waals surface area (Å²) in [5, 5.41) is 12.0. The van der Waals surface area contributed by atoms with E-state index in [1.54, 1.807) is 18.5 Å². The van der Waals surface area contributed by atoms with Gasteiger partial charge in [-0.15, -0.1) is 0 Å². The monoisotopic (exact) mass is 292 g/mol. The lowest BCUT2D eigenvalue weighted by atomic mass is 9.77. The third-order valence-corrected chi connectivity index (χ3v) is 3.97. The van der Waals surface area contributed by atoms with Gasteiger partial charge in [0.1, 0.15) is 0 Å². The smallest absolute Gasteiger partial charge is 0.310 e. The number of likely N-dealkylation sites (tertiary alicyclic amines) is 1. The zero-order valence-electron chi connectivity index (χ0n) is 12.1. The molecular formula is C14H20N4O3. The molecule has 1 aliphatic rings. The van der Waals surface area contributed by atoms with E-state index < -0.39 is 11.4 Å². The van der Waals surface area contributed by atoms with Crippen molar-refractivity contribution >= 4 is 17.8 Å². The van der Waals surface area contributed by atoms with E-state index in [0.717, 1.165) is 13.0 Å². The van der Waals surface area contributed by atoms with E-state index in [4.69, 9.17) is 0 Å². The highest BCUT2D eigenvalue weighted by Crippen LogP contribution is 2.33. The molecule has 21 heavy (non-hydrogen) atoms. The van der Waals surface area contributed by atoms with Crippen LogP contribution in [0.2, 0.25) is 0 Å². The minimum atomic E-state index is -0.776. The van der Waals surface area contributed by atoms with Crippen LogP contribution in [-0.4, -0.2) is 51.5 Å². The number of nitrogens with one attached hydrogen (secondary N) is 1. The molecule has 0 bridgehead atoms. The van der Waals surface area contributed by atoms with Crippen LogP contribution in [0.1, 0.15) is 26.2 Å². The summed E-state index contributed by atoms with van der Waals surface area (Å²) in [7, 11) is 0. The molecule has 1 unspecified atom stereocenters. The molecule has 0 aromatic carbocycles. The summed E-state index contributed by atoms with van der Waals surface area (Å²) in [5.74, 6) is -0.737. The number of amides is 1. The fourth-order valence-corrected chi connectivity index (χ4v) is 2.71. The normalized spacial score (nSPS) is 22.7. The summed E-state index contributed by atoms with van der Waals surface area (Å²) >= 11 is 0. The summed E-state index contributed by atoms with van der Waals surface area (Å²) in [6.07, 6.45) is 5.13. The average molecular weight is 292 g/mol. The van der Waals surface area contributed by atoms with Crippen LogP contribution in [0.15, 0.2) is 18.5 Å². The molecule has 7 nitrogen and oxygen atoms in total. The van der Waals surface area contributed by atoms with Gasteiger partial charge in [-0.05, 0) is 31.9 Å². The van der Waals surface area contributed by atoms with Gasteiger partial charge < -0.3 is 5.11 Å². The molecule has 1 amide bonds. The van der Waals surface area contributed by atoms with E-state index in [1.165, 1.54) is 0 Å². The summed E-state index contributed by atoms with van der Waals surface area (Å²) in [6.45, 7) is 3.18. The molecule has 0 saturated carbocycles. The van der Waals surface area contributed by atoms with Crippen molar-refractivity contribution in [2.24, 2.45) is 5.41 Å². The van der Waals surface area contributed by atoms with Crippen LogP contribution in [0.25, 0.3) is 0 Å². The Morgan fingerprint density at radius 1 is 1.43 bits per heavy atom. The molecule has 0 spiro atoms. The van der Waals surface area contributed by atoms with Crippen LogP contribution in [0.4, 0.5) is 5.95 Å². The predicted molar refractivity (Wildman–Crippen MR) is 76.7 cm³/mol. The number of aliphatic carboxylic acids is 1. The molecule has 7 heteroatoms. The van der Waals surface area contributed by atoms with Crippen molar-refractivity contribution in [2.75, 3.05) is 25.0 Å². The van der Waals surface area contributed by atoms with Crippen molar-refractivity contribution < 1.29 is 14.7 Å². The van der Waals surface area contributed by atoms with Gasteiger partial charge in [0.15, 0.2) is 0 Å². The number of piperidine rings is 1. The summed E-state index contributed by atoms with van der Waals surface area (Å²) in [4.78, 5) is 33.2. The standard InChI is InChI=1S/C14H20N4O3/c1-2-14(12(20)21)5-3-8-18(10-14)9-11(19)17-13-15-6-4-7-16-13/h4,6-7H,2-3,5,8-10H2,1H3,(H,20,21)(H,15,16,17,19). The highest BCUT2D eigenvalue weighted by atomic mass is 16.4. The Labute approximate surface area is 123 Å². The molecule has 0 radical (unpaired) electrons. The second-order valence-electron chi connectivity index (χ2n) is 5.37. The highest BCUT2D eigenvalue weighted by Gasteiger charge is 2.41. The molecule has 2 N–H and O–H groups in total. The number of rotatable bonds is 5. The minimum Gasteiger partial charge on any atom is -0.481 e. The number of carbonyl (C=O) groups is 2. The van der Waals surface area contributed by atoms with Crippen molar-refractivity contribution in [1.82, 2.24) is 14.9 Å². The Bertz CT molecular complexity index is 508. The van der Waals surface area contributed by atoms with Gasteiger partial charge >= 0.3 is 5.97 Å². The Morgan fingerprint density at radius 3 is 2.76 bits per heavy atom. The van der Waals surface area contributed by atoms with Gasteiger partial charge in [0.2, 0.25) is 11.9 Å². The van der Waals surface area contributed by atoms with Gasteiger partial charge in [0.25, 0.3) is 0 Å². The van der Waals surface area contributed by atoms with Crippen molar-refractivity contribution in [3.63, 3.8) is 0 Å². The van der Waals surface area contributed by atoms with Crippen LogP contribution < -0.4 is 5.32 Å². The maximum absolute atomic E-state index is 12.0. The number of anilines is 1. The SMILES string of the molecule is CCC1(C(=O)O)CCCN(CC(=O)Nc2ncccn2)C1. The van der Waals surface area contributed by atoms with Gasteiger partial charge in [-0.2, -0.15) is 0 Å².